The predicted molar refractivity (Wildman–Crippen MR) is 118 cm³/mol. The molecule has 1 aliphatic rings. The lowest BCUT2D eigenvalue weighted by Crippen LogP contribution is -2.49. The number of carboxylic acids is 1. The molecule has 0 heterocycles. The Bertz CT molecular complexity index is 946. The summed E-state index contributed by atoms with van der Waals surface area (Å²) in [5.41, 5.74) is 4.50. The molecule has 0 aliphatic heterocycles. The van der Waals surface area contributed by atoms with Crippen LogP contribution < -0.4 is 10.6 Å². The molecule has 1 aliphatic carbocycles. The van der Waals surface area contributed by atoms with Crippen molar-refractivity contribution in [3.05, 3.63) is 59.7 Å². The quantitative estimate of drug-likeness (QED) is 0.553. The van der Waals surface area contributed by atoms with E-state index in [0.29, 0.717) is 0 Å². The van der Waals surface area contributed by atoms with E-state index < -0.39 is 36.2 Å². The summed E-state index contributed by atoms with van der Waals surface area (Å²) in [5.74, 6) is -1.75. The molecular formula is C24H28N2O6. The second-order valence-electron chi connectivity index (χ2n) is 7.90. The molecule has 0 fully saturated rings. The second-order valence-corrected chi connectivity index (χ2v) is 7.90. The van der Waals surface area contributed by atoms with Crippen LogP contribution in [0.5, 0.6) is 0 Å². The van der Waals surface area contributed by atoms with E-state index in [4.69, 9.17) is 9.47 Å². The van der Waals surface area contributed by atoms with Gasteiger partial charge in [-0.3, -0.25) is 4.79 Å². The molecule has 0 aromatic heterocycles. The fraction of sp³-hybridized carbons (Fsp3) is 0.375. The van der Waals surface area contributed by atoms with Crippen LogP contribution in [0, 0.1) is 0 Å². The molecule has 8 nitrogen and oxygen atoms in total. The summed E-state index contributed by atoms with van der Waals surface area (Å²) in [4.78, 5) is 35.8. The number of benzene rings is 2. The van der Waals surface area contributed by atoms with Crippen LogP contribution in [0.2, 0.25) is 0 Å². The first-order valence-electron chi connectivity index (χ1n) is 10.5. The predicted octanol–water partition coefficient (Wildman–Crippen LogP) is 2.91. The van der Waals surface area contributed by atoms with Gasteiger partial charge in [-0.05, 0) is 36.1 Å². The Morgan fingerprint density at radius 3 is 2.06 bits per heavy atom. The molecule has 0 unspecified atom stereocenters. The van der Waals surface area contributed by atoms with Gasteiger partial charge in [-0.1, -0.05) is 48.5 Å². The number of ether oxygens (including phenoxy) is 2. The van der Waals surface area contributed by atoms with Crippen molar-refractivity contribution in [3.8, 4) is 11.1 Å². The summed E-state index contributed by atoms with van der Waals surface area (Å²) in [5, 5.41) is 14.3. The number of methoxy groups -OCH3 is 1. The molecular weight excluding hydrogens is 412 g/mol. The SMILES string of the molecule is CO[C@H](C)[C@H](NC(=O)C[C@H](C)NC(=O)OCC1c2ccccc2-c2ccccc21)C(=O)O. The van der Waals surface area contributed by atoms with E-state index >= 15 is 0 Å². The van der Waals surface area contributed by atoms with Gasteiger partial charge in [0.25, 0.3) is 0 Å². The van der Waals surface area contributed by atoms with Gasteiger partial charge in [-0.2, -0.15) is 0 Å². The molecule has 0 radical (unpaired) electrons. The van der Waals surface area contributed by atoms with Crippen molar-refractivity contribution in [3.63, 3.8) is 0 Å². The molecule has 2 amide bonds. The fourth-order valence-electron chi connectivity index (χ4n) is 3.92. The molecule has 170 valence electrons. The first kappa shape index (κ1) is 23.3. The third-order valence-electron chi connectivity index (χ3n) is 5.62. The van der Waals surface area contributed by atoms with E-state index in [1.807, 2.05) is 36.4 Å². The molecule has 0 saturated carbocycles. The number of rotatable bonds is 9. The normalized spacial score (nSPS) is 15.1. The van der Waals surface area contributed by atoms with Gasteiger partial charge in [0.2, 0.25) is 5.91 Å². The van der Waals surface area contributed by atoms with Crippen molar-refractivity contribution in [2.45, 2.75) is 44.4 Å². The van der Waals surface area contributed by atoms with Gasteiger partial charge in [-0.15, -0.1) is 0 Å². The highest BCUT2D eigenvalue weighted by Gasteiger charge is 2.30. The van der Waals surface area contributed by atoms with Crippen LogP contribution in [0.25, 0.3) is 11.1 Å². The molecule has 0 saturated heterocycles. The Balaban J connectivity index is 1.53. The number of amides is 2. The van der Waals surface area contributed by atoms with E-state index in [-0.39, 0.29) is 18.9 Å². The number of fused-ring (bicyclic) bond motifs is 3. The summed E-state index contributed by atoms with van der Waals surface area (Å²) in [6.45, 7) is 3.37. The Hall–Kier alpha value is -3.39. The largest absolute Gasteiger partial charge is 0.480 e. The summed E-state index contributed by atoms with van der Waals surface area (Å²) in [6.07, 6.45) is -1.42. The minimum absolute atomic E-state index is 0.0568. The number of nitrogens with one attached hydrogen (secondary N) is 2. The topological polar surface area (TPSA) is 114 Å². The van der Waals surface area contributed by atoms with Crippen LogP contribution in [0.4, 0.5) is 4.79 Å². The van der Waals surface area contributed by atoms with Crippen LogP contribution in [0.3, 0.4) is 0 Å². The monoisotopic (exact) mass is 440 g/mol. The van der Waals surface area contributed by atoms with E-state index in [1.165, 1.54) is 7.11 Å². The van der Waals surface area contributed by atoms with E-state index in [0.717, 1.165) is 22.3 Å². The van der Waals surface area contributed by atoms with Crippen molar-refractivity contribution < 1.29 is 29.0 Å². The van der Waals surface area contributed by atoms with Crippen LogP contribution in [0.15, 0.2) is 48.5 Å². The van der Waals surface area contributed by atoms with Gasteiger partial charge in [0.1, 0.15) is 6.61 Å². The molecule has 0 bridgehead atoms. The number of alkyl carbamates (subject to hydrolysis) is 1. The van der Waals surface area contributed by atoms with Crippen molar-refractivity contribution in [1.82, 2.24) is 10.6 Å². The average Bonchev–Trinajstić information content (AvgIpc) is 3.09. The minimum Gasteiger partial charge on any atom is -0.480 e. The highest BCUT2D eigenvalue weighted by Crippen LogP contribution is 2.44. The highest BCUT2D eigenvalue weighted by atomic mass is 16.5. The smallest absolute Gasteiger partial charge is 0.407 e. The first-order valence-corrected chi connectivity index (χ1v) is 10.5. The molecule has 3 N–H and O–H groups in total. The van der Waals surface area contributed by atoms with Crippen molar-refractivity contribution in [2.75, 3.05) is 13.7 Å². The number of carbonyl (C=O) groups excluding carboxylic acids is 2. The number of hydrogen-bond donors (Lipinski definition) is 3. The Labute approximate surface area is 186 Å². The summed E-state index contributed by atoms with van der Waals surface area (Å²) in [6, 6.07) is 14.4. The maximum absolute atomic E-state index is 12.3. The van der Waals surface area contributed by atoms with Gasteiger partial charge in [0.05, 0.1) is 6.10 Å². The zero-order valence-electron chi connectivity index (χ0n) is 18.3. The van der Waals surface area contributed by atoms with Gasteiger partial charge in [0.15, 0.2) is 6.04 Å². The molecule has 0 spiro atoms. The van der Waals surface area contributed by atoms with Crippen molar-refractivity contribution in [2.24, 2.45) is 0 Å². The van der Waals surface area contributed by atoms with Gasteiger partial charge < -0.3 is 25.2 Å². The number of carboxylic acid groups (broad SMARTS) is 1. The van der Waals surface area contributed by atoms with Gasteiger partial charge >= 0.3 is 12.1 Å². The number of carbonyl (C=O) groups is 3. The van der Waals surface area contributed by atoms with Crippen LogP contribution in [-0.4, -0.2) is 55.0 Å². The van der Waals surface area contributed by atoms with Crippen LogP contribution >= 0.6 is 0 Å². The van der Waals surface area contributed by atoms with Gasteiger partial charge in [0, 0.05) is 25.5 Å². The standard InChI is InChI=1S/C24H28N2O6/c1-14(12-21(27)26-22(23(28)29)15(2)31-3)25-24(30)32-13-20-18-10-6-4-8-16(18)17-9-5-7-11-19(17)20/h4-11,14-15,20,22H,12-13H2,1-3H3,(H,25,30)(H,26,27)(H,28,29)/t14-,15+,22-/m0/s1. The lowest BCUT2D eigenvalue weighted by molar-refractivity contribution is -0.145. The molecule has 32 heavy (non-hydrogen) atoms. The maximum atomic E-state index is 12.3. The van der Waals surface area contributed by atoms with Crippen LogP contribution in [0.1, 0.15) is 37.3 Å². The van der Waals surface area contributed by atoms with Gasteiger partial charge in [-0.25, -0.2) is 9.59 Å². The first-order chi connectivity index (χ1) is 15.3. The van der Waals surface area contributed by atoms with Crippen molar-refractivity contribution in [1.29, 1.82) is 0 Å². The number of hydrogen-bond acceptors (Lipinski definition) is 5. The third-order valence-corrected chi connectivity index (χ3v) is 5.62. The molecule has 2 aromatic rings. The van der Waals surface area contributed by atoms with Crippen LogP contribution in [-0.2, 0) is 19.1 Å². The Morgan fingerprint density at radius 2 is 1.53 bits per heavy atom. The molecule has 8 heteroatoms. The highest BCUT2D eigenvalue weighted by molar-refractivity contribution is 5.84. The van der Waals surface area contributed by atoms with E-state index in [1.54, 1.807) is 13.8 Å². The fourth-order valence-corrected chi connectivity index (χ4v) is 3.92. The third kappa shape index (κ3) is 5.26. The van der Waals surface area contributed by atoms with E-state index in [2.05, 4.69) is 22.8 Å². The average molecular weight is 440 g/mol. The lowest BCUT2D eigenvalue weighted by Gasteiger charge is -2.21. The Kier molecular flexibility index (Phi) is 7.48. The molecule has 2 aromatic carbocycles. The second kappa shape index (κ2) is 10.3. The summed E-state index contributed by atoms with van der Waals surface area (Å²) >= 11 is 0. The molecule has 3 atom stereocenters. The Morgan fingerprint density at radius 1 is 0.969 bits per heavy atom. The summed E-state index contributed by atoms with van der Waals surface area (Å²) in [7, 11) is 1.37. The summed E-state index contributed by atoms with van der Waals surface area (Å²) < 4.78 is 10.5. The lowest BCUT2D eigenvalue weighted by atomic mass is 9.98. The van der Waals surface area contributed by atoms with E-state index in [9.17, 15) is 19.5 Å². The zero-order valence-corrected chi connectivity index (χ0v) is 18.3. The minimum atomic E-state index is -1.19. The zero-order chi connectivity index (χ0) is 23.3. The number of aliphatic carboxylic acids is 1. The molecule has 3 rings (SSSR count). The maximum Gasteiger partial charge on any atom is 0.407 e. The van der Waals surface area contributed by atoms with Crippen molar-refractivity contribution >= 4 is 18.0 Å².